The number of anilines is 1. The molecule has 0 bridgehead atoms. The second-order valence-corrected chi connectivity index (χ2v) is 9.78. The predicted molar refractivity (Wildman–Crippen MR) is 115 cm³/mol. The summed E-state index contributed by atoms with van der Waals surface area (Å²) in [7, 11) is -3.36. The zero-order valence-electron chi connectivity index (χ0n) is 17.3. The molecule has 9 heteroatoms. The van der Waals surface area contributed by atoms with Gasteiger partial charge in [-0.25, -0.2) is 12.8 Å². The Morgan fingerprint density at radius 1 is 0.871 bits per heavy atom. The Morgan fingerprint density at radius 3 is 2.06 bits per heavy atom. The number of piperazine rings is 1. The number of fused-ring (bicyclic) bond motifs is 1. The first-order valence-corrected chi connectivity index (χ1v) is 12.0. The third-order valence-corrected chi connectivity index (χ3v) is 6.91. The monoisotopic (exact) mass is 445 g/mol. The standard InChI is InChI=1S/C22H24FN3O4S/c1-31(29,30)26-9-3-5-16-14-18(7-8-20(16)26)22(28)25-12-10-24(11-13-25)21(27)17-4-2-6-19(23)15-17/h2,4,6-8,14-15H,3,5,9-13H2,1H3. The normalized spacial score (nSPS) is 16.8. The van der Waals surface area contributed by atoms with Crippen molar-refractivity contribution in [1.82, 2.24) is 9.80 Å². The van der Waals surface area contributed by atoms with E-state index in [4.69, 9.17) is 0 Å². The third-order valence-electron chi connectivity index (χ3n) is 5.73. The van der Waals surface area contributed by atoms with Crippen molar-refractivity contribution >= 4 is 27.5 Å². The van der Waals surface area contributed by atoms with Crippen LogP contribution in [-0.4, -0.2) is 69.0 Å². The van der Waals surface area contributed by atoms with Crippen LogP contribution in [0.3, 0.4) is 0 Å². The van der Waals surface area contributed by atoms with Crippen LogP contribution in [0.4, 0.5) is 10.1 Å². The van der Waals surface area contributed by atoms with E-state index < -0.39 is 15.8 Å². The van der Waals surface area contributed by atoms with E-state index >= 15 is 0 Å². The van der Waals surface area contributed by atoms with Crippen LogP contribution in [0.15, 0.2) is 42.5 Å². The first-order chi connectivity index (χ1) is 14.7. The van der Waals surface area contributed by atoms with E-state index in [1.165, 1.54) is 28.8 Å². The molecule has 1 fully saturated rings. The molecule has 7 nitrogen and oxygen atoms in total. The summed E-state index contributed by atoms with van der Waals surface area (Å²) in [6.07, 6.45) is 2.61. The molecule has 2 aromatic carbocycles. The zero-order valence-corrected chi connectivity index (χ0v) is 18.1. The summed E-state index contributed by atoms with van der Waals surface area (Å²) in [5.74, 6) is -0.847. The summed E-state index contributed by atoms with van der Waals surface area (Å²) in [5.41, 5.74) is 2.29. The number of hydrogen-bond donors (Lipinski definition) is 0. The highest BCUT2D eigenvalue weighted by Gasteiger charge is 2.28. The largest absolute Gasteiger partial charge is 0.335 e. The lowest BCUT2D eigenvalue weighted by Gasteiger charge is -2.35. The van der Waals surface area contributed by atoms with E-state index in [-0.39, 0.29) is 11.8 Å². The average molecular weight is 446 g/mol. The Bertz CT molecular complexity index is 1130. The van der Waals surface area contributed by atoms with Crippen molar-refractivity contribution in [2.24, 2.45) is 0 Å². The van der Waals surface area contributed by atoms with Gasteiger partial charge >= 0.3 is 0 Å². The molecule has 0 aliphatic carbocycles. The molecule has 0 saturated carbocycles. The average Bonchev–Trinajstić information content (AvgIpc) is 2.76. The minimum atomic E-state index is -3.36. The van der Waals surface area contributed by atoms with Crippen LogP contribution in [0.25, 0.3) is 0 Å². The number of benzene rings is 2. The Kier molecular flexibility index (Phi) is 5.70. The third kappa shape index (κ3) is 4.41. The lowest BCUT2D eigenvalue weighted by molar-refractivity contribution is 0.0535. The van der Waals surface area contributed by atoms with Crippen molar-refractivity contribution in [2.75, 3.05) is 43.3 Å². The molecule has 2 aromatic rings. The summed E-state index contributed by atoms with van der Waals surface area (Å²) in [5, 5.41) is 0. The van der Waals surface area contributed by atoms with Crippen LogP contribution >= 0.6 is 0 Å². The van der Waals surface area contributed by atoms with Gasteiger partial charge < -0.3 is 9.80 Å². The molecule has 0 radical (unpaired) electrons. The number of hydrogen-bond acceptors (Lipinski definition) is 4. The summed E-state index contributed by atoms with van der Waals surface area (Å²) in [4.78, 5) is 28.9. The molecule has 2 aliphatic heterocycles. The number of amides is 2. The Morgan fingerprint density at radius 2 is 1.48 bits per heavy atom. The molecule has 1 saturated heterocycles. The van der Waals surface area contributed by atoms with Gasteiger partial charge in [-0.2, -0.15) is 0 Å². The van der Waals surface area contributed by atoms with Crippen LogP contribution in [-0.2, 0) is 16.4 Å². The lowest BCUT2D eigenvalue weighted by atomic mass is 10.00. The van der Waals surface area contributed by atoms with Gasteiger partial charge in [0.2, 0.25) is 10.0 Å². The van der Waals surface area contributed by atoms with Crippen molar-refractivity contribution in [2.45, 2.75) is 12.8 Å². The first kappa shape index (κ1) is 21.3. The molecule has 0 atom stereocenters. The molecule has 2 heterocycles. The molecule has 0 spiro atoms. The number of rotatable bonds is 3. The smallest absolute Gasteiger partial charge is 0.254 e. The van der Waals surface area contributed by atoms with Gasteiger partial charge in [0.1, 0.15) is 5.82 Å². The van der Waals surface area contributed by atoms with Gasteiger partial charge in [0.25, 0.3) is 11.8 Å². The summed E-state index contributed by atoms with van der Waals surface area (Å²) in [6.45, 7) is 1.95. The lowest BCUT2D eigenvalue weighted by Crippen LogP contribution is -2.50. The van der Waals surface area contributed by atoms with Gasteiger partial charge in [0.15, 0.2) is 0 Å². The summed E-state index contributed by atoms with van der Waals surface area (Å²) < 4.78 is 38.8. The van der Waals surface area contributed by atoms with Gasteiger partial charge in [-0.05, 0) is 54.8 Å². The number of halogens is 1. The Hall–Kier alpha value is -2.94. The molecule has 4 rings (SSSR count). The highest BCUT2D eigenvalue weighted by Crippen LogP contribution is 2.30. The first-order valence-electron chi connectivity index (χ1n) is 10.2. The Labute approximate surface area is 181 Å². The van der Waals surface area contributed by atoms with Crippen LogP contribution in [0.2, 0.25) is 0 Å². The van der Waals surface area contributed by atoms with E-state index in [0.29, 0.717) is 56.0 Å². The number of carbonyl (C=O) groups is 2. The zero-order chi connectivity index (χ0) is 22.2. The summed E-state index contributed by atoms with van der Waals surface area (Å²) in [6, 6.07) is 10.7. The molecule has 0 unspecified atom stereocenters. The number of carbonyl (C=O) groups excluding carboxylic acids is 2. The molecule has 2 amide bonds. The van der Waals surface area contributed by atoms with Gasteiger partial charge in [-0.1, -0.05) is 6.07 Å². The number of nitrogens with zero attached hydrogens (tertiary/aromatic N) is 3. The van der Waals surface area contributed by atoms with Crippen LogP contribution in [0.1, 0.15) is 32.7 Å². The van der Waals surface area contributed by atoms with E-state index in [1.54, 1.807) is 34.1 Å². The number of sulfonamides is 1. The van der Waals surface area contributed by atoms with E-state index in [1.807, 2.05) is 0 Å². The van der Waals surface area contributed by atoms with Gasteiger partial charge in [0.05, 0.1) is 11.9 Å². The maximum Gasteiger partial charge on any atom is 0.254 e. The fourth-order valence-corrected chi connectivity index (χ4v) is 5.14. The fourth-order valence-electron chi connectivity index (χ4n) is 4.14. The van der Waals surface area contributed by atoms with Crippen molar-refractivity contribution < 1.29 is 22.4 Å². The van der Waals surface area contributed by atoms with Crippen molar-refractivity contribution in [3.05, 3.63) is 65.0 Å². The minimum Gasteiger partial charge on any atom is -0.335 e. The highest BCUT2D eigenvalue weighted by atomic mass is 32.2. The summed E-state index contributed by atoms with van der Waals surface area (Å²) >= 11 is 0. The van der Waals surface area contributed by atoms with Crippen molar-refractivity contribution in [3.63, 3.8) is 0 Å². The fraction of sp³-hybridized carbons (Fsp3) is 0.364. The second kappa shape index (κ2) is 8.30. The maximum absolute atomic E-state index is 13.4. The van der Waals surface area contributed by atoms with Crippen molar-refractivity contribution in [3.8, 4) is 0 Å². The molecule has 2 aliphatic rings. The highest BCUT2D eigenvalue weighted by molar-refractivity contribution is 7.92. The van der Waals surface area contributed by atoms with Gasteiger partial charge in [-0.3, -0.25) is 13.9 Å². The quantitative estimate of drug-likeness (QED) is 0.725. The van der Waals surface area contributed by atoms with Crippen LogP contribution < -0.4 is 4.31 Å². The molecule has 164 valence electrons. The Balaban J connectivity index is 1.44. The minimum absolute atomic E-state index is 0.142. The SMILES string of the molecule is CS(=O)(=O)N1CCCc2cc(C(=O)N3CCN(C(=O)c4cccc(F)c4)CC3)ccc21. The topological polar surface area (TPSA) is 78.0 Å². The van der Waals surface area contributed by atoms with Gasteiger partial charge in [-0.15, -0.1) is 0 Å². The van der Waals surface area contributed by atoms with Crippen LogP contribution in [0, 0.1) is 5.82 Å². The molecule has 31 heavy (non-hydrogen) atoms. The van der Waals surface area contributed by atoms with Crippen molar-refractivity contribution in [1.29, 1.82) is 0 Å². The molecule has 0 N–H and O–H groups in total. The van der Waals surface area contributed by atoms with E-state index in [0.717, 1.165) is 12.0 Å². The second-order valence-electron chi connectivity index (χ2n) is 7.88. The van der Waals surface area contributed by atoms with Gasteiger partial charge in [0, 0.05) is 43.9 Å². The maximum atomic E-state index is 13.4. The number of aryl methyl sites for hydroxylation is 1. The van der Waals surface area contributed by atoms with E-state index in [9.17, 15) is 22.4 Å². The predicted octanol–water partition coefficient (Wildman–Crippen LogP) is 2.14. The molecular weight excluding hydrogens is 421 g/mol. The van der Waals surface area contributed by atoms with Crippen LogP contribution in [0.5, 0.6) is 0 Å². The van der Waals surface area contributed by atoms with E-state index in [2.05, 4.69) is 0 Å². The molecule has 0 aromatic heterocycles. The molecular formula is C22H24FN3O4S.